The summed E-state index contributed by atoms with van der Waals surface area (Å²) < 4.78 is 43.2. The van der Waals surface area contributed by atoms with Crippen LogP contribution in [0, 0.1) is 0 Å². The molecule has 0 fully saturated rings. The van der Waals surface area contributed by atoms with Gasteiger partial charge in [0.2, 0.25) is 5.91 Å². The summed E-state index contributed by atoms with van der Waals surface area (Å²) in [6.07, 6.45) is -5.46. The Bertz CT molecular complexity index is 943. The first-order valence-electron chi connectivity index (χ1n) is 7.97. The zero-order valence-electron chi connectivity index (χ0n) is 14.1. The first-order chi connectivity index (χ1) is 13.2. The summed E-state index contributed by atoms with van der Waals surface area (Å²) in [7, 11) is 0. The molecule has 0 aliphatic carbocycles. The molecule has 146 valence electrons. The minimum absolute atomic E-state index is 0.0194. The predicted molar refractivity (Wildman–Crippen MR) is 96.3 cm³/mol. The van der Waals surface area contributed by atoms with Crippen molar-refractivity contribution < 1.29 is 27.5 Å². The number of carbonyl (C=O) groups is 2. The Kier molecular flexibility index (Phi) is 5.55. The summed E-state index contributed by atoms with van der Waals surface area (Å²) >= 11 is 5.91. The van der Waals surface area contributed by atoms with Gasteiger partial charge in [-0.15, -0.1) is 0 Å². The molecule has 0 unspecified atom stereocenters. The Balaban J connectivity index is 1.66. The number of hydrogen-bond donors (Lipinski definition) is 2. The summed E-state index contributed by atoms with van der Waals surface area (Å²) in [6.45, 7) is 0.0194. The number of anilines is 1. The molecular weight excluding hydrogens is 399 g/mol. The first kappa shape index (κ1) is 19.7. The Morgan fingerprint density at radius 3 is 2.54 bits per heavy atom. The second kappa shape index (κ2) is 7.89. The van der Waals surface area contributed by atoms with Crippen molar-refractivity contribution in [2.45, 2.75) is 12.6 Å². The zero-order valence-corrected chi connectivity index (χ0v) is 14.9. The van der Waals surface area contributed by atoms with Crippen molar-refractivity contribution in [3.63, 3.8) is 0 Å². The van der Waals surface area contributed by atoms with E-state index in [0.29, 0.717) is 17.0 Å². The average molecular weight is 412 g/mol. The van der Waals surface area contributed by atoms with Crippen LogP contribution in [0.25, 0.3) is 0 Å². The molecule has 10 heteroatoms. The van der Waals surface area contributed by atoms with Gasteiger partial charge in [-0.25, -0.2) is 10.2 Å². The maximum absolute atomic E-state index is 12.8. The fourth-order valence-electron chi connectivity index (χ4n) is 2.47. The van der Waals surface area contributed by atoms with E-state index in [9.17, 15) is 22.8 Å². The van der Waals surface area contributed by atoms with Gasteiger partial charge in [0, 0.05) is 16.3 Å². The lowest BCUT2D eigenvalue weighted by Gasteiger charge is -2.14. The van der Waals surface area contributed by atoms with Crippen LogP contribution in [0.5, 0.6) is 0 Å². The van der Waals surface area contributed by atoms with Crippen molar-refractivity contribution in [1.82, 2.24) is 5.43 Å². The van der Waals surface area contributed by atoms with Gasteiger partial charge < -0.3 is 10.1 Å². The number of rotatable bonds is 4. The molecule has 0 atom stereocenters. The molecule has 6 nitrogen and oxygen atoms in total. The fourth-order valence-corrected chi connectivity index (χ4v) is 2.65. The first-order valence-corrected chi connectivity index (χ1v) is 8.35. The minimum atomic E-state index is -4.52. The molecule has 0 saturated heterocycles. The van der Waals surface area contributed by atoms with Gasteiger partial charge in [-0.3, -0.25) is 4.79 Å². The number of nitrogens with one attached hydrogen (secondary N) is 2. The van der Waals surface area contributed by atoms with Crippen LogP contribution in [0.1, 0.15) is 16.7 Å². The second-order valence-electron chi connectivity index (χ2n) is 5.85. The normalized spacial score (nSPS) is 14.0. The molecule has 0 bridgehead atoms. The van der Waals surface area contributed by atoms with Gasteiger partial charge in [0.15, 0.2) is 0 Å². The lowest BCUT2D eigenvalue weighted by molar-refractivity contribution is -0.137. The van der Waals surface area contributed by atoms with Gasteiger partial charge >= 0.3 is 12.3 Å². The van der Waals surface area contributed by atoms with Gasteiger partial charge in [0.1, 0.15) is 12.3 Å². The Morgan fingerprint density at radius 2 is 1.93 bits per heavy atom. The van der Waals surface area contributed by atoms with Gasteiger partial charge in [-0.05, 0) is 35.9 Å². The molecule has 2 amide bonds. The van der Waals surface area contributed by atoms with Crippen LogP contribution >= 0.6 is 11.6 Å². The number of nitrogens with zero attached hydrogens (tertiary/aromatic N) is 1. The number of amides is 2. The lowest BCUT2D eigenvalue weighted by Crippen LogP contribution is -2.30. The van der Waals surface area contributed by atoms with Crippen molar-refractivity contribution in [1.29, 1.82) is 0 Å². The summed E-state index contributed by atoms with van der Waals surface area (Å²) in [5.41, 5.74) is 3.03. The Hall–Kier alpha value is -3.07. The minimum Gasteiger partial charge on any atom is -0.442 e. The maximum atomic E-state index is 12.8. The largest absolute Gasteiger partial charge is 0.442 e. The number of halogens is 4. The zero-order chi connectivity index (χ0) is 20.3. The number of hydrazone groups is 1. The standard InChI is InChI=1S/C18H13ClF3N3O3/c19-14-6-3-12(18(20,21)22)7-11(14)8-16(26)23-13-4-1-10(2-5-13)15-9-28-17(27)25-24-15/h1-7H,8-9H2,(H,23,26)(H,25,27). The van der Waals surface area contributed by atoms with Crippen LogP contribution in [-0.4, -0.2) is 24.3 Å². The molecule has 0 saturated carbocycles. The van der Waals surface area contributed by atoms with E-state index in [4.69, 9.17) is 16.3 Å². The van der Waals surface area contributed by atoms with Gasteiger partial charge in [-0.2, -0.15) is 18.3 Å². The number of hydrogen-bond acceptors (Lipinski definition) is 4. The van der Waals surface area contributed by atoms with E-state index in [2.05, 4.69) is 15.8 Å². The monoisotopic (exact) mass is 411 g/mol. The molecule has 2 N–H and O–H groups in total. The number of carbonyl (C=O) groups excluding carboxylic acids is 2. The Morgan fingerprint density at radius 1 is 1.21 bits per heavy atom. The van der Waals surface area contributed by atoms with Crippen LogP contribution in [-0.2, 0) is 22.1 Å². The van der Waals surface area contributed by atoms with E-state index < -0.39 is 23.7 Å². The number of cyclic esters (lactones) is 1. The Labute approximate surface area is 162 Å². The molecule has 0 spiro atoms. The molecule has 1 aliphatic rings. The number of alkyl halides is 3. The van der Waals surface area contributed by atoms with E-state index in [1.54, 1.807) is 24.3 Å². The third-order valence-electron chi connectivity index (χ3n) is 3.85. The molecule has 2 aromatic rings. The van der Waals surface area contributed by atoms with Crippen LogP contribution in [0.2, 0.25) is 5.02 Å². The molecule has 2 aromatic carbocycles. The molecule has 0 radical (unpaired) electrons. The molecular formula is C18H13ClF3N3O3. The van der Waals surface area contributed by atoms with Gasteiger partial charge in [0.25, 0.3) is 0 Å². The highest BCUT2D eigenvalue weighted by Crippen LogP contribution is 2.32. The predicted octanol–water partition coefficient (Wildman–Crippen LogP) is 3.98. The SMILES string of the molecule is O=C(Cc1cc(C(F)(F)F)ccc1Cl)Nc1ccc(C2=NNC(=O)OC2)cc1. The van der Waals surface area contributed by atoms with Crippen molar-refractivity contribution in [3.8, 4) is 0 Å². The molecule has 28 heavy (non-hydrogen) atoms. The molecule has 1 aliphatic heterocycles. The van der Waals surface area contributed by atoms with Crippen LogP contribution in [0.4, 0.5) is 23.7 Å². The van der Waals surface area contributed by atoms with Gasteiger partial charge in [-0.1, -0.05) is 23.7 Å². The molecule has 1 heterocycles. The third-order valence-corrected chi connectivity index (χ3v) is 4.22. The second-order valence-corrected chi connectivity index (χ2v) is 6.26. The van der Waals surface area contributed by atoms with Crippen LogP contribution < -0.4 is 10.7 Å². The van der Waals surface area contributed by atoms with Gasteiger partial charge in [0.05, 0.1) is 12.0 Å². The number of benzene rings is 2. The van der Waals surface area contributed by atoms with Crippen LogP contribution in [0.3, 0.4) is 0 Å². The third kappa shape index (κ3) is 4.80. The maximum Gasteiger partial charge on any atom is 0.428 e. The topological polar surface area (TPSA) is 79.8 Å². The highest BCUT2D eigenvalue weighted by molar-refractivity contribution is 6.31. The molecule has 3 rings (SSSR count). The quantitative estimate of drug-likeness (QED) is 0.798. The smallest absolute Gasteiger partial charge is 0.428 e. The van der Waals surface area contributed by atoms with E-state index in [-0.39, 0.29) is 23.6 Å². The fraction of sp³-hybridized carbons (Fsp3) is 0.167. The van der Waals surface area contributed by atoms with Crippen molar-refractivity contribution in [2.24, 2.45) is 5.10 Å². The van der Waals surface area contributed by atoms with E-state index in [1.807, 2.05) is 0 Å². The molecule has 0 aromatic heterocycles. The van der Waals surface area contributed by atoms with E-state index in [0.717, 1.165) is 18.2 Å². The highest BCUT2D eigenvalue weighted by atomic mass is 35.5. The lowest BCUT2D eigenvalue weighted by atomic mass is 10.1. The summed E-state index contributed by atoms with van der Waals surface area (Å²) in [5.74, 6) is -0.514. The van der Waals surface area contributed by atoms with Crippen molar-refractivity contribution in [3.05, 3.63) is 64.2 Å². The van der Waals surface area contributed by atoms with Crippen molar-refractivity contribution >= 4 is 35.0 Å². The number of ether oxygens (including phenoxy) is 1. The van der Waals surface area contributed by atoms with Crippen LogP contribution in [0.15, 0.2) is 47.6 Å². The summed E-state index contributed by atoms with van der Waals surface area (Å²) in [4.78, 5) is 23.1. The summed E-state index contributed by atoms with van der Waals surface area (Å²) in [5, 5.41) is 6.54. The van der Waals surface area contributed by atoms with Crippen molar-refractivity contribution in [2.75, 3.05) is 11.9 Å². The average Bonchev–Trinajstić information content (AvgIpc) is 2.64. The van der Waals surface area contributed by atoms with E-state index in [1.165, 1.54) is 0 Å². The summed E-state index contributed by atoms with van der Waals surface area (Å²) in [6, 6.07) is 9.36. The highest BCUT2D eigenvalue weighted by Gasteiger charge is 2.31. The van der Waals surface area contributed by atoms with E-state index >= 15 is 0 Å².